The van der Waals surface area contributed by atoms with Crippen LogP contribution in [-0.4, -0.2) is 11.1 Å². The van der Waals surface area contributed by atoms with Crippen LogP contribution < -0.4 is 10.9 Å². The summed E-state index contributed by atoms with van der Waals surface area (Å²) in [5.41, 5.74) is 3.72. The number of aromatic nitrogens is 1. The van der Waals surface area contributed by atoms with Crippen molar-refractivity contribution in [2.75, 3.05) is 11.9 Å². The maximum absolute atomic E-state index is 12.7. The molecule has 1 aliphatic rings. The fraction of sp³-hybridized carbons (Fsp3) is 0.353. The second-order valence-corrected chi connectivity index (χ2v) is 7.29. The lowest BCUT2D eigenvalue weighted by Crippen LogP contribution is -2.30. The zero-order valence-corrected chi connectivity index (χ0v) is 14.3. The van der Waals surface area contributed by atoms with Gasteiger partial charge in [-0.05, 0) is 23.8 Å². The minimum absolute atomic E-state index is 0.0292. The van der Waals surface area contributed by atoms with Crippen LogP contribution in [0.1, 0.15) is 30.7 Å². The molecular formula is C17H18Cl2N2O. The summed E-state index contributed by atoms with van der Waals surface area (Å²) in [6.45, 7) is 5.11. The maximum atomic E-state index is 12.7. The molecule has 22 heavy (non-hydrogen) atoms. The minimum atomic E-state index is -0.0420. The van der Waals surface area contributed by atoms with E-state index < -0.39 is 0 Å². The highest BCUT2D eigenvalue weighted by Crippen LogP contribution is 2.35. The lowest BCUT2D eigenvalue weighted by Gasteiger charge is -2.20. The number of fused-ring (bicyclic) bond motifs is 1. The Labute approximate surface area is 139 Å². The molecule has 0 spiro atoms. The molecule has 0 saturated heterocycles. The Morgan fingerprint density at radius 1 is 1.23 bits per heavy atom. The van der Waals surface area contributed by atoms with E-state index in [1.807, 2.05) is 19.2 Å². The molecule has 2 aromatic rings. The fourth-order valence-corrected chi connectivity index (χ4v) is 3.63. The molecule has 3 rings (SSSR count). The Bertz CT molecular complexity index is 809. The topological polar surface area (TPSA) is 34.0 Å². The molecule has 1 N–H and O–H groups in total. The molecule has 1 aromatic heterocycles. The Balaban J connectivity index is 2.07. The molecular weight excluding hydrogens is 319 g/mol. The van der Waals surface area contributed by atoms with Gasteiger partial charge in [-0.2, -0.15) is 0 Å². The Hall–Kier alpha value is -1.45. The number of hydrogen-bond donors (Lipinski definition) is 1. The number of nitrogens with zero attached hydrogens (tertiary/aromatic N) is 1. The van der Waals surface area contributed by atoms with E-state index in [1.165, 1.54) is 0 Å². The molecule has 2 heterocycles. The summed E-state index contributed by atoms with van der Waals surface area (Å²) in [7, 11) is 1.84. The van der Waals surface area contributed by atoms with Gasteiger partial charge in [0.05, 0.1) is 11.4 Å². The average molecular weight is 337 g/mol. The highest BCUT2D eigenvalue weighted by molar-refractivity contribution is 6.35. The van der Waals surface area contributed by atoms with E-state index in [0.717, 1.165) is 29.1 Å². The third kappa shape index (κ3) is 2.53. The lowest BCUT2D eigenvalue weighted by molar-refractivity contribution is 0.535. The van der Waals surface area contributed by atoms with E-state index in [1.54, 1.807) is 16.7 Å². The normalized spacial score (nSPS) is 15.5. The van der Waals surface area contributed by atoms with Crippen LogP contribution in [0.3, 0.4) is 0 Å². The number of pyridine rings is 1. The molecule has 0 radical (unpaired) electrons. The lowest BCUT2D eigenvalue weighted by atomic mass is 9.90. The predicted octanol–water partition coefficient (Wildman–Crippen LogP) is 3.99. The van der Waals surface area contributed by atoms with Crippen molar-refractivity contribution in [2.45, 2.75) is 25.7 Å². The van der Waals surface area contributed by atoms with Gasteiger partial charge in [-0.25, -0.2) is 0 Å². The number of rotatable bonds is 2. The first-order valence-corrected chi connectivity index (χ1v) is 7.96. The van der Waals surface area contributed by atoms with Crippen molar-refractivity contribution in [1.82, 2.24) is 4.57 Å². The fourth-order valence-electron chi connectivity index (χ4n) is 3.15. The number of halogens is 2. The van der Waals surface area contributed by atoms with Crippen LogP contribution in [0.15, 0.2) is 29.1 Å². The number of benzene rings is 1. The zero-order valence-electron chi connectivity index (χ0n) is 12.8. The monoisotopic (exact) mass is 336 g/mol. The number of anilines is 1. The predicted molar refractivity (Wildman–Crippen MR) is 92.5 cm³/mol. The second kappa shape index (κ2) is 5.32. The van der Waals surface area contributed by atoms with E-state index in [9.17, 15) is 4.79 Å². The number of hydrogen-bond acceptors (Lipinski definition) is 2. The maximum Gasteiger partial charge on any atom is 0.254 e. The zero-order chi connectivity index (χ0) is 16.1. The summed E-state index contributed by atoms with van der Waals surface area (Å²) in [5, 5.41) is 4.58. The molecule has 0 fully saturated rings. The first-order chi connectivity index (χ1) is 10.3. The Kier molecular flexibility index (Phi) is 3.74. The van der Waals surface area contributed by atoms with E-state index >= 15 is 0 Å². The Morgan fingerprint density at radius 2 is 1.95 bits per heavy atom. The van der Waals surface area contributed by atoms with Crippen LogP contribution in [0.4, 0.5) is 5.69 Å². The van der Waals surface area contributed by atoms with Gasteiger partial charge in [-0.3, -0.25) is 4.79 Å². The summed E-state index contributed by atoms with van der Waals surface area (Å²) in [6.07, 6.45) is 0.498. The van der Waals surface area contributed by atoms with Crippen molar-refractivity contribution in [3.8, 4) is 0 Å². The molecule has 5 heteroatoms. The quantitative estimate of drug-likeness (QED) is 0.899. The van der Waals surface area contributed by atoms with Gasteiger partial charge in [0.25, 0.3) is 5.56 Å². The summed E-state index contributed by atoms with van der Waals surface area (Å²) in [6, 6.07) is 7.33. The van der Waals surface area contributed by atoms with Gasteiger partial charge < -0.3 is 9.88 Å². The minimum Gasteiger partial charge on any atom is -0.383 e. The van der Waals surface area contributed by atoms with Crippen molar-refractivity contribution >= 4 is 28.9 Å². The average Bonchev–Trinajstić information content (AvgIpc) is 2.74. The van der Waals surface area contributed by atoms with Gasteiger partial charge in [0, 0.05) is 41.0 Å². The molecule has 3 nitrogen and oxygen atoms in total. The standard InChI is InChI=1S/C17H18Cl2N2O/c1-17(2)9-20-14-7-11(16(22)21(3)15(14)17)6-10-4-5-12(18)8-13(10)19/h4-5,7-8,20H,6,9H2,1-3H3. The summed E-state index contributed by atoms with van der Waals surface area (Å²) >= 11 is 12.1. The van der Waals surface area contributed by atoms with Crippen molar-refractivity contribution in [3.05, 3.63) is 61.5 Å². The van der Waals surface area contributed by atoms with Gasteiger partial charge in [0.15, 0.2) is 0 Å². The van der Waals surface area contributed by atoms with E-state index in [-0.39, 0.29) is 11.0 Å². The molecule has 0 aliphatic carbocycles. The molecule has 0 bridgehead atoms. The highest BCUT2D eigenvalue weighted by Gasteiger charge is 2.33. The van der Waals surface area contributed by atoms with Crippen molar-refractivity contribution in [1.29, 1.82) is 0 Å². The summed E-state index contributed by atoms with van der Waals surface area (Å²) in [4.78, 5) is 12.7. The van der Waals surface area contributed by atoms with Gasteiger partial charge in [-0.1, -0.05) is 43.1 Å². The first-order valence-electron chi connectivity index (χ1n) is 7.21. The smallest absolute Gasteiger partial charge is 0.254 e. The molecule has 0 unspecified atom stereocenters. The summed E-state index contributed by atoms with van der Waals surface area (Å²) in [5.74, 6) is 0. The molecule has 1 aliphatic heterocycles. The van der Waals surface area contributed by atoms with Crippen LogP contribution in [-0.2, 0) is 18.9 Å². The van der Waals surface area contributed by atoms with Crippen LogP contribution >= 0.6 is 23.2 Å². The largest absolute Gasteiger partial charge is 0.383 e. The van der Waals surface area contributed by atoms with Gasteiger partial charge in [0.2, 0.25) is 0 Å². The SMILES string of the molecule is Cn1c2c(cc(Cc3ccc(Cl)cc3Cl)c1=O)NCC2(C)C. The van der Waals surface area contributed by atoms with Gasteiger partial charge in [0.1, 0.15) is 0 Å². The van der Waals surface area contributed by atoms with Gasteiger partial charge >= 0.3 is 0 Å². The third-order valence-electron chi connectivity index (χ3n) is 4.25. The molecule has 0 amide bonds. The molecule has 116 valence electrons. The van der Waals surface area contributed by atoms with E-state index in [2.05, 4.69) is 19.2 Å². The van der Waals surface area contributed by atoms with E-state index in [4.69, 9.17) is 23.2 Å². The van der Waals surface area contributed by atoms with Crippen molar-refractivity contribution < 1.29 is 0 Å². The van der Waals surface area contributed by atoms with E-state index in [0.29, 0.717) is 16.5 Å². The van der Waals surface area contributed by atoms with Crippen LogP contribution in [0.25, 0.3) is 0 Å². The number of nitrogens with one attached hydrogen (secondary N) is 1. The molecule has 0 atom stereocenters. The highest BCUT2D eigenvalue weighted by atomic mass is 35.5. The second-order valence-electron chi connectivity index (χ2n) is 6.45. The van der Waals surface area contributed by atoms with Crippen molar-refractivity contribution in [3.63, 3.8) is 0 Å². The Morgan fingerprint density at radius 3 is 2.64 bits per heavy atom. The van der Waals surface area contributed by atoms with Crippen LogP contribution in [0.5, 0.6) is 0 Å². The third-order valence-corrected chi connectivity index (χ3v) is 4.83. The molecule has 0 saturated carbocycles. The van der Waals surface area contributed by atoms with Crippen LogP contribution in [0, 0.1) is 0 Å². The molecule has 1 aromatic carbocycles. The summed E-state index contributed by atoms with van der Waals surface area (Å²) < 4.78 is 1.76. The van der Waals surface area contributed by atoms with Gasteiger partial charge in [-0.15, -0.1) is 0 Å². The van der Waals surface area contributed by atoms with Crippen LogP contribution in [0.2, 0.25) is 10.0 Å². The van der Waals surface area contributed by atoms with Crippen molar-refractivity contribution in [2.24, 2.45) is 7.05 Å². The first kappa shape index (κ1) is 15.4.